The summed E-state index contributed by atoms with van der Waals surface area (Å²) < 4.78 is 10.3. The lowest BCUT2D eigenvalue weighted by Crippen LogP contribution is -2.37. The smallest absolute Gasteiger partial charge is 0.331 e. The van der Waals surface area contributed by atoms with E-state index in [2.05, 4.69) is 0 Å². The molecule has 1 rings (SSSR count). The summed E-state index contributed by atoms with van der Waals surface area (Å²) in [5.74, 6) is -0.525. The average Bonchev–Trinajstić information content (AvgIpc) is 2.42. The topological polar surface area (TPSA) is 76.1 Å². The summed E-state index contributed by atoms with van der Waals surface area (Å²) in [6.45, 7) is 3.35. The number of carbonyl (C=O) groups is 2. The molecular weight excluding hydrogens is 262 g/mol. The second-order valence-electron chi connectivity index (χ2n) is 4.15. The molecule has 0 saturated carbocycles. The van der Waals surface area contributed by atoms with Crippen LogP contribution in [0.1, 0.15) is 25.5 Å². The van der Waals surface area contributed by atoms with E-state index in [9.17, 15) is 14.7 Å². The van der Waals surface area contributed by atoms with Crippen molar-refractivity contribution >= 4 is 11.9 Å². The SMILES string of the molecule is CCN(C(C)=O)C(C(=O)O)c1cc(OC)ccc1OC. The van der Waals surface area contributed by atoms with Crippen molar-refractivity contribution in [2.45, 2.75) is 19.9 Å². The van der Waals surface area contributed by atoms with Crippen LogP contribution in [0.3, 0.4) is 0 Å². The number of carboxylic acids is 1. The number of aliphatic carboxylic acids is 1. The Hall–Kier alpha value is -2.24. The van der Waals surface area contributed by atoms with Crippen LogP contribution < -0.4 is 9.47 Å². The minimum Gasteiger partial charge on any atom is -0.497 e. The summed E-state index contributed by atoms with van der Waals surface area (Å²) in [5.41, 5.74) is 0.386. The van der Waals surface area contributed by atoms with Gasteiger partial charge in [0.15, 0.2) is 6.04 Å². The molecule has 6 nitrogen and oxygen atoms in total. The molecule has 1 aromatic rings. The lowest BCUT2D eigenvalue weighted by atomic mass is 10.0. The first-order valence-electron chi connectivity index (χ1n) is 6.18. The van der Waals surface area contributed by atoms with Gasteiger partial charge in [0.1, 0.15) is 11.5 Å². The van der Waals surface area contributed by atoms with E-state index in [1.807, 2.05) is 0 Å². The van der Waals surface area contributed by atoms with Gasteiger partial charge in [0.25, 0.3) is 0 Å². The van der Waals surface area contributed by atoms with Gasteiger partial charge in [0.05, 0.1) is 14.2 Å². The van der Waals surface area contributed by atoms with Crippen molar-refractivity contribution in [3.8, 4) is 11.5 Å². The molecule has 0 spiro atoms. The minimum atomic E-state index is -1.12. The van der Waals surface area contributed by atoms with E-state index in [4.69, 9.17) is 9.47 Å². The number of hydrogen-bond donors (Lipinski definition) is 1. The first kappa shape index (κ1) is 15.8. The molecule has 0 aliphatic rings. The average molecular weight is 281 g/mol. The third-order valence-electron chi connectivity index (χ3n) is 3.02. The first-order valence-corrected chi connectivity index (χ1v) is 6.18. The predicted molar refractivity (Wildman–Crippen MR) is 73.0 cm³/mol. The summed E-state index contributed by atoms with van der Waals surface area (Å²) in [7, 11) is 2.94. The van der Waals surface area contributed by atoms with Gasteiger partial charge in [0.2, 0.25) is 5.91 Å². The summed E-state index contributed by atoms with van der Waals surface area (Å²) in [5, 5.41) is 9.47. The summed E-state index contributed by atoms with van der Waals surface area (Å²) in [6.07, 6.45) is 0. The minimum absolute atomic E-state index is 0.284. The fourth-order valence-electron chi connectivity index (χ4n) is 2.07. The Labute approximate surface area is 117 Å². The van der Waals surface area contributed by atoms with Crippen LogP contribution in [0.25, 0.3) is 0 Å². The van der Waals surface area contributed by atoms with E-state index in [0.29, 0.717) is 17.1 Å². The maximum Gasteiger partial charge on any atom is 0.331 e. The van der Waals surface area contributed by atoms with Gasteiger partial charge in [-0.25, -0.2) is 4.79 Å². The zero-order valence-electron chi connectivity index (χ0n) is 12.0. The number of benzene rings is 1. The molecular formula is C14H19NO5. The van der Waals surface area contributed by atoms with Crippen LogP contribution in [0.15, 0.2) is 18.2 Å². The lowest BCUT2D eigenvalue weighted by molar-refractivity contribution is -0.149. The number of carboxylic acid groups (broad SMARTS) is 1. The number of ether oxygens (including phenoxy) is 2. The molecule has 0 bridgehead atoms. The van der Waals surface area contributed by atoms with E-state index < -0.39 is 12.0 Å². The zero-order chi connectivity index (χ0) is 15.3. The highest BCUT2D eigenvalue weighted by atomic mass is 16.5. The molecule has 1 aromatic carbocycles. The molecule has 1 atom stereocenters. The fraction of sp³-hybridized carbons (Fsp3) is 0.429. The van der Waals surface area contributed by atoms with Crippen LogP contribution in [0.2, 0.25) is 0 Å². The van der Waals surface area contributed by atoms with Crippen molar-refractivity contribution in [1.29, 1.82) is 0 Å². The van der Waals surface area contributed by atoms with Crippen molar-refractivity contribution in [3.05, 3.63) is 23.8 Å². The molecule has 0 radical (unpaired) electrons. The molecule has 0 fully saturated rings. The standard InChI is InChI=1S/C14H19NO5/c1-5-15(9(2)16)13(14(17)18)11-8-10(19-3)6-7-12(11)20-4/h6-8,13H,5H2,1-4H3,(H,17,18). The van der Waals surface area contributed by atoms with Crippen LogP contribution in [-0.4, -0.2) is 42.6 Å². The lowest BCUT2D eigenvalue weighted by Gasteiger charge is -2.28. The number of rotatable bonds is 6. The van der Waals surface area contributed by atoms with Gasteiger partial charge in [-0.15, -0.1) is 0 Å². The third-order valence-corrected chi connectivity index (χ3v) is 3.02. The Morgan fingerprint density at radius 1 is 1.30 bits per heavy atom. The van der Waals surface area contributed by atoms with Crippen LogP contribution in [0.5, 0.6) is 11.5 Å². The van der Waals surface area contributed by atoms with Gasteiger partial charge in [-0.2, -0.15) is 0 Å². The molecule has 0 aliphatic heterocycles. The molecule has 1 amide bonds. The maximum absolute atomic E-state index is 11.6. The van der Waals surface area contributed by atoms with E-state index in [1.54, 1.807) is 25.1 Å². The van der Waals surface area contributed by atoms with Crippen LogP contribution in [-0.2, 0) is 9.59 Å². The molecule has 1 N–H and O–H groups in total. The van der Waals surface area contributed by atoms with E-state index in [0.717, 1.165) is 0 Å². The zero-order valence-corrected chi connectivity index (χ0v) is 12.0. The van der Waals surface area contributed by atoms with Crippen molar-refractivity contribution in [3.63, 3.8) is 0 Å². The molecule has 110 valence electrons. The molecule has 0 heterocycles. The van der Waals surface area contributed by atoms with Crippen LogP contribution in [0, 0.1) is 0 Å². The van der Waals surface area contributed by atoms with E-state index in [1.165, 1.54) is 26.0 Å². The third kappa shape index (κ3) is 3.20. The van der Waals surface area contributed by atoms with Crippen LogP contribution in [0.4, 0.5) is 0 Å². The predicted octanol–water partition coefficient (Wildman–Crippen LogP) is 1.70. The monoisotopic (exact) mass is 281 g/mol. The Kier molecular flexibility index (Phi) is 5.37. The molecule has 0 aliphatic carbocycles. The molecule has 6 heteroatoms. The van der Waals surface area contributed by atoms with Gasteiger partial charge in [-0.1, -0.05) is 0 Å². The molecule has 0 saturated heterocycles. The number of carbonyl (C=O) groups excluding carboxylic acids is 1. The maximum atomic E-state index is 11.6. The van der Waals surface area contributed by atoms with E-state index in [-0.39, 0.29) is 12.5 Å². The molecule has 20 heavy (non-hydrogen) atoms. The van der Waals surface area contributed by atoms with Crippen molar-refractivity contribution in [1.82, 2.24) is 4.90 Å². The highest BCUT2D eigenvalue weighted by molar-refractivity contribution is 5.84. The second-order valence-corrected chi connectivity index (χ2v) is 4.15. The largest absolute Gasteiger partial charge is 0.497 e. The van der Waals surface area contributed by atoms with Gasteiger partial charge in [-0.3, -0.25) is 4.79 Å². The number of hydrogen-bond acceptors (Lipinski definition) is 4. The highest BCUT2D eigenvalue weighted by Crippen LogP contribution is 2.33. The highest BCUT2D eigenvalue weighted by Gasteiger charge is 2.31. The van der Waals surface area contributed by atoms with Gasteiger partial charge in [0, 0.05) is 19.0 Å². The quantitative estimate of drug-likeness (QED) is 0.858. The van der Waals surface area contributed by atoms with Crippen LogP contribution >= 0.6 is 0 Å². The normalized spacial score (nSPS) is 11.6. The Balaban J connectivity index is 3.40. The number of amides is 1. The van der Waals surface area contributed by atoms with Crippen molar-refractivity contribution in [2.24, 2.45) is 0 Å². The first-order chi connectivity index (χ1) is 9.46. The summed E-state index contributed by atoms with van der Waals surface area (Å²) >= 11 is 0. The Bertz CT molecular complexity index is 500. The summed E-state index contributed by atoms with van der Waals surface area (Å²) in [4.78, 5) is 24.5. The van der Waals surface area contributed by atoms with Crippen molar-refractivity contribution < 1.29 is 24.2 Å². The Morgan fingerprint density at radius 2 is 1.95 bits per heavy atom. The van der Waals surface area contributed by atoms with Gasteiger partial charge >= 0.3 is 5.97 Å². The number of methoxy groups -OCH3 is 2. The molecule has 1 unspecified atom stereocenters. The second kappa shape index (κ2) is 6.79. The number of nitrogens with zero attached hydrogens (tertiary/aromatic N) is 1. The fourth-order valence-corrected chi connectivity index (χ4v) is 2.07. The molecule has 0 aromatic heterocycles. The number of likely N-dealkylation sites (N-methyl/N-ethyl adjacent to an activating group) is 1. The van der Waals surface area contributed by atoms with E-state index >= 15 is 0 Å². The van der Waals surface area contributed by atoms with Gasteiger partial charge in [-0.05, 0) is 25.1 Å². The van der Waals surface area contributed by atoms with Gasteiger partial charge < -0.3 is 19.5 Å². The Morgan fingerprint density at radius 3 is 2.35 bits per heavy atom. The van der Waals surface area contributed by atoms with Crippen molar-refractivity contribution in [2.75, 3.05) is 20.8 Å². The summed E-state index contributed by atoms with van der Waals surface area (Å²) in [6, 6.07) is 3.76.